The fourth-order valence-electron chi connectivity index (χ4n) is 3.23. The van der Waals surface area contributed by atoms with Gasteiger partial charge >= 0.3 is 0 Å². The lowest BCUT2D eigenvalue weighted by molar-refractivity contribution is 0.476. The molecule has 4 rings (SSSR count). The smallest absolute Gasteiger partial charge is 0.251 e. The number of aromatic nitrogens is 4. The second kappa shape index (κ2) is 8.20. The van der Waals surface area contributed by atoms with E-state index in [1.165, 1.54) is 27.2 Å². The molecule has 0 aliphatic carbocycles. The van der Waals surface area contributed by atoms with E-state index >= 15 is 0 Å². The minimum atomic E-state index is -3.64. The molecule has 3 heterocycles. The van der Waals surface area contributed by atoms with Gasteiger partial charge in [0.15, 0.2) is 5.82 Å². The monoisotopic (exact) mass is 427 g/mol. The van der Waals surface area contributed by atoms with Crippen LogP contribution in [0.15, 0.2) is 58.4 Å². The molecule has 0 saturated carbocycles. The molecular formula is C19H21N7O3S. The third-order valence-corrected chi connectivity index (χ3v) is 6.58. The second-order valence-electron chi connectivity index (χ2n) is 6.87. The van der Waals surface area contributed by atoms with Crippen LogP contribution >= 0.6 is 0 Å². The fraction of sp³-hybridized carbons (Fsp3) is 0.263. The molecule has 0 atom stereocenters. The van der Waals surface area contributed by atoms with Crippen molar-refractivity contribution in [1.29, 1.82) is 0 Å². The third-order valence-electron chi connectivity index (χ3n) is 4.70. The molecule has 0 radical (unpaired) electrons. The Kier molecular flexibility index (Phi) is 5.46. The number of nitrogens with zero attached hydrogens (tertiary/aromatic N) is 5. The molecule has 156 valence electrons. The zero-order valence-corrected chi connectivity index (χ0v) is 16.9. The highest BCUT2D eigenvalue weighted by Crippen LogP contribution is 2.20. The van der Waals surface area contributed by atoms with E-state index in [1.807, 2.05) is 30.3 Å². The molecule has 0 amide bonds. The summed E-state index contributed by atoms with van der Waals surface area (Å²) >= 11 is 0. The lowest BCUT2D eigenvalue weighted by atomic mass is 10.3. The summed E-state index contributed by atoms with van der Waals surface area (Å²) in [5.74, 6) is 0.462. The van der Waals surface area contributed by atoms with Crippen molar-refractivity contribution in [3.8, 4) is 0 Å². The molecule has 0 bridgehead atoms. The van der Waals surface area contributed by atoms with Gasteiger partial charge in [-0.15, -0.1) is 0 Å². The van der Waals surface area contributed by atoms with Gasteiger partial charge in [-0.05, 0) is 31.0 Å². The van der Waals surface area contributed by atoms with Gasteiger partial charge < -0.3 is 15.6 Å². The number of hydrogen-bond donors (Lipinski definition) is 2. The van der Waals surface area contributed by atoms with E-state index in [1.54, 1.807) is 0 Å². The first-order valence-electron chi connectivity index (χ1n) is 9.45. The van der Waals surface area contributed by atoms with Gasteiger partial charge in [0, 0.05) is 31.0 Å². The molecule has 1 saturated heterocycles. The van der Waals surface area contributed by atoms with Gasteiger partial charge in [0.25, 0.3) is 5.56 Å². The number of benzene rings is 1. The van der Waals surface area contributed by atoms with E-state index < -0.39 is 10.0 Å². The third kappa shape index (κ3) is 4.31. The molecule has 1 aromatic carbocycles. The Morgan fingerprint density at radius 1 is 1.00 bits per heavy atom. The van der Waals surface area contributed by atoms with Crippen LogP contribution in [0, 0.1) is 0 Å². The predicted molar refractivity (Wildman–Crippen MR) is 112 cm³/mol. The molecule has 0 unspecified atom stereocenters. The van der Waals surface area contributed by atoms with Crippen LogP contribution in [0.1, 0.15) is 18.7 Å². The maximum Gasteiger partial charge on any atom is 0.251 e. The Morgan fingerprint density at radius 2 is 1.73 bits per heavy atom. The molecular weight excluding hydrogens is 406 g/mol. The molecule has 1 aliphatic rings. The molecule has 30 heavy (non-hydrogen) atoms. The lowest BCUT2D eigenvalue weighted by Crippen LogP contribution is -2.30. The summed E-state index contributed by atoms with van der Waals surface area (Å²) in [5.41, 5.74) is 6.19. The van der Waals surface area contributed by atoms with Gasteiger partial charge in [0.05, 0.1) is 11.4 Å². The Balaban J connectivity index is 1.62. The van der Waals surface area contributed by atoms with E-state index in [0.717, 1.165) is 18.5 Å². The standard InChI is InChI=1S/C19H21N7O3S/c20-18-22-16(23-19(24-18)21-14-6-2-1-3-7-14)13-25-12-15(8-9-17(25)27)30(28,29)26-10-4-5-11-26/h1-3,6-9,12H,4-5,10-11,13H2,(H3,20,21,22,23,24). The largest absolute Gasteiger partial charge is 0.368 e. The number of nitrogens with one attached hydrogen (secondary N) is 1. The first kappa shape index (κ1) is 20.0. The van der Waals surface area contributed by atoms with Crippen LogP contribution in [0.3, 0.4) is 0 Å². The number of anilines is 3. The minimum Gasteiger partial charge on any atom is -0.368 e. The predicted octanol–water partition coefficient (Wildman–Crippen LogP) is 1.19. The van der Waals surface area contributed by atoms with Crippen LogP contribution in [-0.2, 0) is 16.6 Å². The SMILES string of the molecule is Nc1nc(Cn2cc(S(=O)(=O)N3CCCC3)ccc2=O)nc(Nc2ccccc2)n1. The van der Waals surface area contributed by atoms with Crippen LogP contribution in [0.4, 0.5) is 17.6 Å². The summed E-state index contributed by atoms with van der Waals surface area (Å²) < 4.78 is 28.3. The molecule has 3 aromatic rings. The zero-order valence-electron chi connectivity index (χ0n) is 16.1. The first-order valence-corrected chi connectivity index (χ1v) is 10.9. The Morgan fingerprint density at radius 3 is 2.47 bits per heavy atom. The van der Waals surface area contributed by atoms with Crippen molar-refractivity contribution in [3.63, 3.8) is 0 Å². The summed E-state index contributed by atoms with van der Waals surface area (Å²) in [6, 6.07) is 11.9. The van der Waals surface area contributed by atoms with Gasteiger partial charge in [0.2, 0.25) is 21.9 Å². The molecule has 1 fully saturated rings. The zero-order chi connectivity index (χ0) is 21.1. The number of nitrogen functional groups attached to an aromatic ring is 1. The Hall–Kier alpha value is -3.31. The summed E-state index contributed by atoms with van der Waals surface area (Å²) in [6.45, 7) is 0.929. The summed E-state index contributed by atoms with van der Waals surface area (Å²) in [7, 11) is -3.64. The molecule has 1 aliphatic heterocycles. The fourth-order valence-corrected chi connectivity index (χ4v) is 4.77. The van der Waals surface area contributed by atoms with Crippen LogP contribution in [-0.4, -0.2) is 45.3 Å². The molecule has 10 nitrogen and oxygen atoms in total. The van der Waals surface area contributed by atoms with Crippen molar-refractivity contribution < 1.29 is 8.42 Å². The average molecular weight is 427 g/mol. The normalized spacial score (nSPS) is 14.7. The summed E-state index contributed by atoms with van der Waals surface area (Å²) in [5, 5.41) is 3.03. The summed E-state index contributed by atoms with van der Waals surface area (Å²) in [4.78, 5) is 24.8. The average Bonchev–Trinajstić information content (AvgIpc) is 3.26. The number of rotatable bonds is 6. The number of para-hydroxylation sites is 1. The van der Waals surface area contributed by atoms with Crippen molar-refractivity contribution in [2.24, 2.45) is 0 Å². The number of pyridine rings is 1. The lowest BCUT2D eigenvalue weighted by Gasteiger charge is -2.16. The maximum absolute atomic E-state index is 12.8. The van der Waals surface area contributed by atoms with Gasteiger partial charge in [-0.3, -0.25) is 4.79 Å². The van der Waals surface area contributed by atoms with E-state index in [0.29, 0.717) is 13.1 Å². The summed E-state index contributed by atoms with van der Waals surface area (Å²) in [6.07, 6.45) is 2.99. The van der Waals surface area contributed by atoms with Gasteiger partial charge in [-0.2, -0.15) is 19.3 Å². The molecule has 2 aromatic heterocycles. The highest BCUT2D eigenvalue weighted by atomic mass is 32.2. The number of nitrogens with two attached hydrogens (primary N) is 1. The quantitative estimate of drug-likeness (QED) is 0.599. The van der Waals surface area contributed by atoms with Crippen LogP contribution < -0.4 is 16.6 Å². The number of hydrogen-bond acceptors (Lipinski definition) is 8. The van der Waals surface area contributed by atoms with Crippen molar-refractivity contribution in [3.05, 3.63) is 64.8 Å². The van der Waals surface area contributed by atoms with Gasteiger partial charge in [0.1, 0.15) is 0 Å². The highest BCUT2D eigenvalue weighted by Gasteiger charge is 2.27. The van der Waals surface area contributed by atoms with E-state index in [-0.39, 0.29) is 34.7 Å². The Labute approximate surface area is 173 Å². The molecule has 11 heteroatoms. The van der Waals surface area contributed by atoms with Crippen molar-refractivity contribution in [2.75, 3.05) is 24.1 Å². The van der Waals surface area contributed by atoms with Crippen LogP contribution in [0.2, 0.25) is 0 Å². The topological polar surface area (TPSA) is 136 Å². The van der Waals surface area contributed by atoms with E-state index in [9.17, 15) is 13.2 Å². The van der Waals surface area contributed by atoms with Gasteiger partial charge in [-0.1, -0.05) is 18.2 Å². The van der Waals surface area contributed by atoms with Crippen LogP contribution in [0.5, 0.6) is 0 Å². The Bertz CT molecular complexity index is 1210. The molecule has 0 spiro atoms. The maximum atomic E-state index is 12.8. The molecule has 3 N–H and O–H groups in total. The first-order chi connectivity index (χ1) is 14.4. The van der Waals surface area contributed by atoms with Crippen molar-refractivity contribution in [1.82, 2.24) is 23.8 Å². The van der Waals surface area contributed by atoms with Gasteiger partial charge in [-0.25, -0.2) is 8.42 Å². The highest BCUT2D eigenvalue weighted by molar-refractivity contribution is 7.89. The van der Waals surface area contributed by atoms with E-state index in [4.69, 9.17) is 5.73 Å². The van der Waals surface area contributed by atoms with Crippen molar-refractivity contribution >= 4 is 27.6 Å². The second-order valence-corrected chi connectivity index (χ2v) is 8.80. The minimum absolute atomic E-state index is 0.00711. The van der Waals surface area contributed by atoms with E-state index in [2.05, 4.69) is 20.3 Å². The van der Waals surface area contributed by atoms with Crippen LogP contribution in [0.25, 0.3) is 0 Å². The number of sulfonamides is 1. The van der Waals surface area contributed by atoms with Crippen molar-refractivity contribution in [2.45, 2.75) is 24.3 Å².